The minimum absolute atomic E-state index is 0.176. The molecular weight excluding hydrogens is 195 g/mol. The summed E-state index contributed by atoms with van der Waals surface area (Å²) in [6, 6.07) is 0. The van der Waals surface area contributed by atoms with E-state index in [-0.39, 0.29) is 5.57 Å². The number of aliphatic carboxylic acids is 1. The predicted octanol–water partition coefficient (Wildman–Crippen LogP) is 1.97. The van der Waals surface area contributed by atoms with E-state index in [1.165, 1.54) is 14.0 Å². The molecule has 0 fully saturated rings. The van der Waals surface area contributed by atoms with Crippen LogP contribution < -0.4 is 0 Å². The van der Waals surface area contributed by atoms with Gasteiger partial charge >= 0.3 is 14.2 Å². The number of carboxylic acids is 1. The third kappa shape index (κ3) is 14.1. The van der Waals surface area contributed by atoms with Gasteiger partial charge in [0, 0.05) is 10.1 Å². The Kier molecular flexibility index (Phi) is 10.6. The second-order valence-electron chi connectivity index (χ2n) is 1.91. The zero-order valence-electron chi connectivity index (χ0n) is 7.94. The van der Waals surface area contributed by atoms with Crippen molar-refractivity contribution in [3.05, 3.63) is 12.2 Å². The highest BCUT2D eigenvalue weighted by Gasteiger charge is 2.13. The summed E-state index contributed by atoms with van der Waals surface area (Å²) in [7, 11) is -0.487. The van der Waals surface area contributed by atoms with Crippen molar-refractivity contribution < 1.29 is 23.5 Å². The Morgan fingerprint density at radius 1 is 1.62 bits per heavy atom. The molecule has 0 aliphatic rings. The Bertz CT molecular complexity index is 177. The number of hydrogen-bond donors (Lipinski definition) is 1. The first kappa shape index (κ1) is 14.7. The van der Waals surface area contributed by atoms with Gasteiger partial charge in [-0.25, -0.2) is 4.79 Å². The minimum atomic E-state index is -1.83. The molecule has 0 aliphatic heterocycles. The van der Waals surface area contributed by atoms with Crippen LogP contribution in [-0.2, 0) is 18.4 Å². The maximum atomic E-state index is 10.1. The van der Waals surface area contributed by atoms with Crippen LogP contribution in [0.2, 0.25) is 0 Å². The molecule has 1 N–H and O–H groups in total. The van der Waals surface area contributed by atoms with E-state index in [9.17, 15) is 9.36 Å². The first-order valence-corrected chi connectivity index (χ1v) is 4.58. The predicted molar refractivity (Wildman–Crippen MR) is 48.7 cm³/mol. The van der Waals surface area contributed by atoms with E-state index in [1.54, 1.807) is 6.92 Å². The quantitative estimate of drug-likeness (QED) is 0.566. The molecule has 1 unspecified atom stereocenters. The van der Waals surface area contributed by atoms with Crippen molar-refractivity contribution in [3.63, 3.8) is 0 Å². The molecule has 0 bridgehead atoms. The van der Waals surface area contributed by atoms with Crippen LogP contribution >= 0.6 is 8.25 Å². The van der Waals surface area contributed by atoms with Crippen LogP contribution in [0.25, 0.3) is 0 Å². The monoisotopic (exact) mass is 209 g/mol. The van der Waals surface area contributed by atoms with Gasteiger partial charge in [0.15, 0.2) is 0 Å². The van der Waals surface area contributed by atoms with Gasteiger partial charge in [-0.2, -0.15) is 0 Å². The maximum Gasteiger partial charge on any atom is 0.697 e. The summed E-state index contributed by atoms with van der Waals surface area (Å²) in [4.78, 5) is 9.60. The van der Waals surface area contributed by atoms with Crippen LogP contribution in [0.4, 0.5) is 0 Å². The van der Waals surface area contributed by atoms with E-state index in [0.29, 0.717) is 6.61 Å². The van der Waals surface area contributed by atoms with E-state index < -0.39 is 14.2 Å². The molecule has 0 amide bonds. The lowest BCUT2D eigenvalue weighted by molar-refractivity contribution is -0.132. The Morgan fingerprint density at radius 2 is 2.00 bits per heavy atom. The highest BCUT2D eigenvalue weighted by Crippen LogP contribution is 2.20. The molecule has 5 nitrogen and oxygen atoms in total. The topological polar surface area (TPSA) is 72.8 Å². The Hall–Kier alpha value is -0.770. The van der Waals surface area contributed by atoms with Gasteiger partial charge in [0.05, 0.1) is 7.11 Å². The van der Waals surface area contributed by atoms with Crippen molar-refractivity contribution in [2.75, 3.05) is 13.7 Å². The molecule has 0 saturated carbocycles. The Labute approximate surface area is 78.3 Å². The number of carboxylic acid groups (broad SMARTS) is 1. The van der Waals surface area contributed by atoms with Gasteiger partial charge in [-0.15, -0.1) is 9.05 Å². The second-order valence-corrected chi connectivity index (χ2v) is 2.98. The molecule has 76 valence electrons. The minimum Gasteiger partial charge on any atom is -0.478 e. The van der Waals surface area contributed by atoms with Crippen molar-refractivity contribution >= 4 is 14.2 Å². The summed E-state index contributed by atoms with van der Waals surface area (Å²) in [5.41, 5.74) is 0.176. The van der Waals surface area contributed by atoms with Gasteiger partial charge in [-0.3, -0.25) is 0 Å². The van der Waals surface area contributed by atoms with Crippen molar-refractivity contribution in [2.45, 2.75) is 13.8 Å². The van der Waals surface area contributed by atoms with Crippen LogP contribution in [0.1, 0.15) is 13.8 Å². The fraction of sp³-hybridized carbons (Fsp3) is 0.571. The molecule has 0 aromatic carbocycles. The lowest BCUT2D eigenvalue weighted by Crippen LogP contribution is -1.92. The fourth-order valence-electron chi connectivity index (χ4n) is 0.158. The highest BCUT2D eigenvalue weighted by atomic mass is 31.1. The summed E-state index contributed by atoms with van der Waals surface area (Å²) in [5.74, 6) is -0.935. The summed E-state index contributed by atoms with van der Waals surface area (Å²) in [5, 5.41) is 7.89. The van der Waals surface area contributed by atoms with Crippen LogP contribution in [0.3, 0.4) is 0 Å². The molecule has 0 rings (SSSR count). The molecule has 0 aliphatic carbocycles. The zero-order chi connectivity index (χ0) is 10.9. The third-order valence-electron chi connectivity index (χ3n) is 0.749. The summed E-state index contributed by atoms with van der Waals surface area (Å²) < 4.78 is 18.9. The Morgan fingerprint density at radius 3 is 2.08 bits per heavy atom. The standard InChI is InChI=1S/C4H6O2.C3H8O3P/c1-3(2)4(5)6;1-3-6-7(4)5-2/h1H2,2H3,(H,5,6);3H2,1-2H3/q;+1. The van der Waals surface area contributed by atoms with Crippen molar-refractivity contribution in [3.8, 4) is 0 Å². The molecule has 0 saturated heterocycles. The Balaban J connectivity index is 0. The average Bonchev–Trinajstić information content (AvgIpc) is 2.05. The summed E-state index contributed by atoms with van der Waals surface area (Å²) in [6.07, 6.45) is 0. The van der Waals surface area contributed by atoms with Crippen molar-refractivity contribution in [1.82, 2.24) is 0 Å². The van der Waals surface area contributed by atoms with Gasteiger partial charge in [0.25, 0.3) is 0 Å². The first-order valence-electron chi connectivity index (χ1n) is 3.48. The van der Waals surface area contributed by atoms with Crippen molar-refractivity contribution in [1.29, 1.82) is 0 Å². The van der Waals surface area contributed by atoms with E-state index in [0.717, 1.165) is 0 Å². The summed E-state index contributed by atoms with van der Waals surface area (Å²) in [6.45, 7) is 6.79. The van der Waals surface area contributed by atoms with Gasteiger partial charge in [-0.05, 0) is 13.8 Å². The molecule has 13 heavy (non-hydrogen) atoms. The molecule has 0 radical (unpaired) electrons. The average molecular weight is 209 g/mol. The first-order chi connectivity index (χ1) is 5.95. The van der Waals surface area contributed by atoms with Gasteiger partial charge in [0.2, 0.25) is 0 Å². The van der Waals surface area contributed by atoms with E-state index >= 15 is 0 Å². The van der Waals surface area contributed by atoms with E-state index in [1.807, 2.05) is 0 Å². The second kappa shape index (κ2) is 9.32. The summed E-state index contributed by atoms with van der Waals surface area (Å²) >= 11 is 0. The smallest absolute Gasteiger partial charge is 0.478 e. The van der Waals surface area contributed by atoms with Gasteiger partial charge in [0.1, 0.15) is 6.61 Å². The molecule has 0 spiro atoms. The molecule has 0 aromatic rings. The zero-order valence-corrected chi connectivity index (χ0v) is 8.84. The lowest BCUT2D eigenvalue weighted by Gasteiger charge is -1.79. The van der Waals surface area contributed by atoms with Gasteiger partial charge in [-0.1, -0.05) is 6.58 Å². The molecule has 6 heteroatoms. The van der Waals surface area contributed by atoms with Gasteiger partial charge < -0.3 is 5.11 Å². The fourth-order valence-corrected chi connectivity index (χ4v) is 0.474. The van der Waals surface area contributed by atoms with E-state index in [2.05, 4.69) is 15.6 Å². The molecule has 0 heterocycles. The van der Waals surface area contributed by atoms with E-state index in [4.69, 9.17) is 5.11 Å². The van der Waals surface area contributed by atoms with Crippen LogP contribution in [0.15, 0.2) is 12.2 Å². The van der Waals surface area contributed by atoms with Crippen LogP contribution in [-0.4, -0.2) is 24.8 Å². The molecule has 1 atom stereocenters. The highest BCUT2D eigenvalue weighted by molar-refractivity contribution is 7.33. The maximum absolute atomic E-state index is 10.1. The number of hydrogen-bond acceptors (Lipinski definition) is 4. The van der Waals surface area contributed by atoms with Crippen LogP contribution in [0.5, 0.6) is 0 Å². The molecule has 0 aromatic heterocycles. The normalized spacial score (nSPS) is 9.62. The number of carbonyl (C=O) groups is 1. The number of rotatable bonds is 4. The van der Waals surface area contributed by atoms with Crippen LogP contribution in [0, 0.1) is 0 Å². The SMILES string of the molecule is C=C(C)C(=O)O.CCO[P+](=O)OC. The lowest BCUT2D eigenvalue weighted by atomic mass is 10.4. The molecular formula is C7H14O5P+. The van der Waals surface area contributed by atoms with Crippen molar-refractivity contribution in [2.24, 2.45) is 0 Å². The largest absolute Gasteiger partial charge is 0.697 e. The third-order valence-corrected chi connectivity index (χ3v) is 1.52.